The molecule has 2 heterocycles. The lowest BCUT2D eigenvalue weighted by atomic mass is 9.57. The fraction of sp³-hybridized carbons (Fsp3) is 0.391. The van der Waals surface area contributed by atoms with Gasteiger partial charge in [-0.1, -0.05) is 23.7 Å². The predicted molar refractivity (Wildman–Crippen MR) is 106 cm³/mol. The molecule has 1 N–H and O–H groups in total. The Bertz CT molecular complexity index is 956. The van der Waals surface area contributed by atoms with Gasteiger partial charge >= 0.3 is 0 Å². The van der Waals surface area contributed by atoms with Crippen LogP contribution >= 0.6 is 11.6 Å². The van der Waals surface area contributed by atoms with Gasteiger partial charge in [0, 0.05) is 34.2 Å². The quantitative estimate of drug-likeness (QED) is 0.713. The number of nitrogens with one attached hydrogen (secondary N) is 1. The van der Waals surface area contributed by atoms with Gasteiger partial charge in [-0.15, -0.1) is 0 Å². The van der Waals surface area contributed by atoms with Crippen LogP contribution in [0.1, 0.15) is 36.8 Å². The highest BCUT2D eigenvalue weighted by Gasteiger charge is 2.52. The van der Waals surface area contributed by atoms with Crippen molar-refractivity contribution in [1.82, 2.24) is 5.32 Å². The molecule has 2 nitrogen and oxygen atoms in total. The number of ether oxygens (including phenoxy) is 1. The molecule has 3 aliphatic rings. The molecule has 1 aliphatic carbocycles. The van der Waals surface area contributed by atoms with Gasteiger partial charge in [0.05, 0.1) is 6.61 Å². The maximum Gasteiger partial charge on any atom is 0.165 e. The van der Waals surface area contributed by atoms with Gasteiger partial charge in [-0.25, -0.2) is 8.78 Å². The number of hydrogen-bond donors (Lipinski definition) is 1. The minimum absolute atomic E-state index is 0.0449. The van der Waals surface area contributed by atoms with Crippen molar-refractivity contribution in [3.63, 3.8) is 0 Å². The van der Waals surface area contributed by atoms with Crippen LogP contribution in [0.25, 0.3) is 0 Å². The zero-order valence-electron chi connectivity index (χ0n) is 15.5. The minimum atomic E-state index is -0.508. The van der Waals surface area contributed by atoms with Crippen molar-refractivity contribution in [3.8, 4) is 5.75 Å². The lowest BCUT2D eigenvalue weighted by molar-refractivity contribution is 0.117. The molecule has 2 aromatic carbocycles. The third-order valence-corrected chi connectivity index (χ3v) is 6.89. The van der Waals surface area contributed by atoms with Crippen molar-refractivity contribution in [2.45, 2.75) is 37.5 Å². The van der Waals surface area contributed by atoms with Crippen LogP contribution in [-0.2, 0) is 11.8 Å². The first-order valence-corrected chi connectivity index (χ1v) is 10.3. The molecule has 2 atom stereocenters. The zero-order chi connectivity index (χ0) is 19.3. The van der Waals surface area contributed by atoms with E-state index in [0.717, 1.165) is 37.8 Å². The third kappa shape index (κ3) is 2.73. The van der Waals surface area contributed by atoms with Gasteiger partial charge in [0.25, 0.3) is 0 Å². The fourth-order valence-corrected chi connectivity index (χ4v) is 5.53. The smallest absolute Gasteiger partial charge is 0.165 e. The summed E-state index contributed by atoms with van der Waals surface area (Å²) in [5.41, 5.74) is 3.60. The lowest BCUT2D eigenvalue weighted by Crippen LogP contribution is -2.50. The molecule has 146 valence electrons. The standard InChI is InChI=1S/C23H22ClF2NO/c24-15-5-3-14(4-6-15)12-23-10-9-20-16(2-1-11-27-20)17(23)13-28-22-19(26)8-7-18(25)21(22)23/h3-8,17,27H,1-2,9-13H2/t17-,23-/m0/s1. The number of halogens is 3. The largest absolute Gasteiger partial charge is 0.489 e. The van der Waals surface area contributed by atoms with E-state index >= 15 is 4.39 Å². The summed E-state index contributed by atoms with van der Waals surface area (Å²) < 4.78 is 35.6. The van der Waals surface area contributed by atoms with Gasteiger partial charge in [0.1, 0.15) is 5.82 Å². The maximum atomic E-state index is 15.2. The topological polar surface area (TPSA) is 21.3 Å². The molecule has 2 aromatic rings. The maximum absolute atomic E-state index is 15.2. The molecule has 0 aromatic heterocycles. The monoisotopic (exact) mass is 401 g/mol. The van der Waals surface area contributed by atoms with E-state index in [1.165, 1.54) is 23.4 Å². The Kier molecular flexibility index (Phi) is 4.35. The number of rotatable bonds is 2. The highest BCUT2D eigenvalue weighted by molar-refractivity contribution is 6.30. The Hall–Kier alpha value is -2.07. The van der Waals surface area contributed by atoms with Crippen LogP contribution in [0, 0.1) is 17.6 Å². The van der Waals surface area contributed by atoms with Crippen molar-refractivity contribution >= 4 is 11.6 Å². The van der Waals surface area contributed by atoms with Gasteiger partial charge in [0.2, 0.25) is 0 Å². The van der Waals surface area contributed by atoms with E-state index in [1.807, 2.05) is 24.3 Å². The van der Waals surface area contributed by atoms with E-state index in [1.54, 1.807) is 0 Å². The summed E-state index contributed by atoms with van der Waals surface area (Å²) in [7, 11) is 0. The van der Waals surface area contributed by atoms with Crippen molar-refractivity contribution in [3.05, 3.63) is 75.5 Å². The Morgan fingerprint density at radius 2 is 1.86 bits per heavy atom. The number of allylic oxidation sites excluding steroid dienone is 1. The molecule has 0 bridgehead atoms. The summed E-state index contributed by atoms with van der Waals surface area (Å²) in [4.78, 5) is 0. The summed E-state index contributed by atoms with van der Waals surface area (Å²) in [6.07, 6.45) is 4.32. The minimum Gasteiger partial charge on any atom is -0.489 e. The molecule has 2 aliphatic heterocycles. The molecule has 5 heteroatoms. The molecular weight excluding hydrogens is 380 g/mol. The van der Waals surface area contributed by atoms with Gasteiger partial charge < -0.3 is 10.1 Å². The first-order chi connectivity index (χ1) is 13.6. The van der Waals surface area contributed by atoms with Gasteiger partial charge in [-0.05, 0) is 67.5 Å². The number of hydrogen-bond acceptors (Lipinski definition) is 2. The first kappa shape index (κ1) is 18.0. The average Bonchev–Trinajstić information content (AvgIpc) is 2.72. The van der Waals surface area contributed by atoms with Crippen LogP contribution in [0.15, 0.2) is 47.7 Å². The average molecular weight is 402 g/mol. The molecular formula is C23H22ClF2NO. The molecule has 28 heavy (non-hydrogen) atoms. The fourth-order valence-electron chi connectivity index (χ4n) is 5.40. The van der Waals surface area contributed by atoms with Crippen LogP contribution in [0.5, 0.6) is 5.75 Å². The van der Waals surface area contributed by atoms with Gasteiger partial charge in [-0.3, -0.25) is 0 Å². The van der Waals surface area contributed by atoms with Crippen LogP contribution in [0.4, 0.5) is 8.78 Å². The van der Waals surface area contributed by atoms with E-state index in [-0.39, 0.29) is 17.5 Å². The summed E-state index contributed by atoms with van der Waals surface area (Å²) in [5.74, 6) is -0.712. The van der Waals surface area contributed by atoms with Gasteiger partial charge in [0.15, 0.2) is 11.6 Å². The van der Waals surface area contributed by atoms with Crippen LogP contribution in [-0.4, -0.2) is 13.2 Å². The first-order valence-electron chi connectivity index (χ1n) is 9.90. The van der Waals surface area contributed by atoms with E-state index in [9.17, 15) is 4.39 Å². The Morgan fingerprint density at radius 1 is 1.07 bits per heavy atom. The SMILES string of the molecule is Fc1ccc(F)c2c1OC[C@H]1C3=C(CC[C@@]21Cc1ccc(Cl)cc1)NCCC3. The Labute approximate surface area is 168 Å². The highest BCUT2D eigenvalue weighted by atomic mass is 35.5. The van der Waals surface area contributed by atoms with Crippen LogP contribution in [0.2, 0.25) is 5.02 Å². The second-order valence-corrected chi connectivity index (χ2v) is 8.53. The summed E-state index contributed by atoms with van der Waals surface area (Å²) in [6.45, 7) is 1.37. The van der Waals surface area contributed by atoms with E-state index in [4.69, 9.17) is 16.3 Å². The van der Waals surface area contributed by atoms with Crippen molar-refractivity contribution in [2.75, 3.05) is 13.2 Å². The summed E-state index contributed by atoms with van der Waals surface area (Å²) in [6, 6.07) is 10.1. The molecule has 0 amide bonds. The van der Waals surface area contributed by atoms with Crippen molar-refractivity contribution in [2.24, 2.45) is 5.92 Å². The molecule has 0 spiro atoms. The molecule has 0 fully saturated rings. The normalized spacial score (nSPS) is 25.9. The Morgan fingerprint density at radius 3 is 2.68 bits per heavy atom. The number of fused-ring (bicyclic) bond motifs is 4. The summed E-state index contributed by atoms with van der Waals surface area (Å²) >= 11 is 6.06. The van der Waals surface area contributed by atoms with Crippen LogP contribution in [0.3, 0.4) is 0 Å². The molecule has 0 saturated carbocycles. The Balaban J connectivity index is 1.69. The molecule has 0 saturated heterocycles. The van der Waals surface area contributed by atoms with E-state index in [0.29, 0.717) is 23.6 Å². The molecule has 5 rings (SSSR count). The van der Waals surface area contributed by atoms with E-state index < -0.39 is 11.2 Å². The summed E-state index contributed by atoms with van der Waals surface area (Å²) in [5, 5.41) is 4.21. The van der Waals surface area contributed by atoms with Crippen LogP contribution < -0.4 is 10.1 Å². The lowest BCUT2D eigenvalue weighted by Gasteiger charge is -2.51. The second-order valence-electron chi connectivity index (χ2n) is 8.09. The van der Waals surface area contributed by atoms with Crippen molar-refractivity contribution < 1.29 is 13.5 Å². The second kappa shape index (κ2) is 6.77. The molecule has 0 radical (unpaired) electrons. The van der Waals surface area contributed by atoms with Crippen molar-refractivity contribution in [1.29, 1.82) is 0 Å². The predicted octanol–water partition coefficient (Wildman–Crippen LogP) is 5.54. The highest BCUT2D eigenvalue weighted by Crippen LogP contribution is 2.55. The zero-order valence-corrected chi connectivity index (χ0v) is 16.3. The number of benzene rings is 2. The molecule has 0 unspecified atom stereocenters. The third-order valence-electron chi connectivity index (χ3n) is 6.64. The van der Waals surface area contributed by atoms with E-state index in [2.05, 4.69) is 5.32 Å². The van der Waals surface area contributed by atoms with Gasteiger partial charge in [-0.2, -0.15) is 0 Å².